The summed E-state index contributed by atoms with van der Waals surface area (Å²) in [5.41, 5.74) is 0.836. The predicted molar refractivity (Wildman–Crippen MR) is 71.7 cm³/mol. The van der Waals surface area contributed by atoms with Crippen LogP contribution >= 0.6 is 0 Å². The summed E-state index contributed by atoms with van der Waals surface area (Å²) < 4.78 is 10.1. The number of carbonyl (C=O) groups is 1. The molecule has 1 aliphatic heterocycles. The Hall–Kier alpha value is -2.15. The smallest absolute Gasteiger partial charge is 0.422 e. The number of nitrogens with zero attached hydrogens (tertiary/aromatic N) is 1. The highest BCUT2D eigenvalue weighted by Crippen LogP contribution is 2.18. The quantitative estimate of drug-likeness (QED) is 0.766. The van der Waals surface area contributed by atoms with Gasteiger partial charge in [-0.25, -0.2) is 9.69 Å². The molecule has 0 aromatic heterocycles. The second-order valence-electron chi connectivity index (χ2n) is 4.72. The van der Waals surface area contributed by atoms with E-state index in [0.717, 1.165) is 11.3 Å². The molecule has 0 N–H and O–H groups in total. The number of methoxy groups -OCH3 is 1. The summed E-state index contributed by atoms with van der Waals surface area (Å²) in [4.78, 5) is 13.1. The van der Waals surface area contributed by atoms with Gasteiger partial charge in [0.25, 0.3) is 0 Å². The van der Waals surface area contributed by atoms with Crippen LogP contribution in [0.5, 0.6) is 5.75 Å². The van der Waals surface area contributed by atoms with Gasteiger partial charge in [0.05, 0.1) is 13.2 Å². The van der Waals surface area contributed by atoms with Gasteiger partial charge >= 0.3 is 6.09 Å². The van der Waals surface area contributed by atoms with E-state index in [1.54, 1.807) is 7.11 Å². The molecule has 1 atom stereocenters. The molecular formula is C15H17NO3. The first-order valence-electron chi connectivity index (χ1n) is 6.23. The zero-order chi connectivity index (χ0) is 13.8. The Balaban J connectivity index is 2.15. The molecule has 4 nitrogen and oxygen atoms in total. The lowest BCUT2D eigenvalue weighted by atomic mass is 10.1. The molecule has 0 saturated carbocycles. The molecule has 19 heavy (non-hydrogen) atoms. The highest BCUT2D eigenvalue weighted by atomic mass is 16.6. The molecule has 1 heterocycles. The summed E-state index contributed by atoms with van der Waals surface area (Å²) in [5.74, 6) is 4.07. The van der Waals surface area contributed by atoms with E-state index in [4.69, 9.17) is 9.47 Å². The number of cyclic esters (lactones) is 1. The average Bonchev–Trinajstić information content (AvgIpc) is 2.78. The van der Waals surface area contributed by atoms with Gasteiger partial charge in [0.1, 0.15) is 12.4 Å². The van der Waals surface area contributed by atoms with Crippen molar-refractivity contribution in [2.75, 3.05) is 13.7 Å². The molecule has 100 valence electrons. The van der Waals surface area contributed by atoms with E-state index in [1.807, 2.05) is 24.3 Å². The monoisotopic (exact) mass is 259 g/mol. The van der Waals surface area contributed by atoms with Crippen molar-refractivity contribution < 1.29 is 14.3 Å². The molecule has 0 radical (unpaired) electrons. The SMILES string of the molecule is COc1ccc(C#CN2C(=O)OC[C@@H]2C(C)C)cc1. The topological polar surface area (TPSA) is 38.8 Å². The van der Waals surface area contributed by atoms with Gasteiger partial charge in [-0.05, 0) is 36.1 Å². The first-order chi connectivity index (χ1) is 9.11. The third-order valence-electron chi connectivity index (χ3n) is 3.09. The van der Waals surface area contributed by atoms with Gasteiger partial charge in [-0.3, -0.25) is 0 Å². The fourth-order valence-electron chi connectivity index (χ4n) is 1.85. The maximum absolute atomic E-state index is 11.6. The molecule has 0 bridgehead atoms. The van der Waals surface area contributed by atoms with Crippen molar-refractivity contribution in [1.29, 1.82) is 0 Å². The van der Waals surface area contributed by atoms with Crippen molar-refractivity contribution in [2.45, 2.75) is 19.9 Å². The predicted octanol–water partition coefficient (Wildman–Crippen LogP) is 2.48. The lowest BCUT2D eigenvalue weighted by Crippen LogP contribution is -2.33. The molecule has 0 aliphatic carbocycles. The zero-order valence-corrected chi connectivity index (χ0v) is 11.3. The van der Waals surface area contributed by atoms with Gasteiger partial charge in [0, 0.05) is 11.6 Å². The van der Waals surface area contributed by atoms with Gasteiger partial charge in [-0.15, -0.1) is 0 Å². The molecule has 1 aliphatic rings. The van der Waals surface area contributed by atoms with Crippen LogP contribution in [0.15, 0.2) is 24.3 Å². The third-order valence-corrected chi connectivity index (χ3v) is 3.09. The standard InChI is InChI=1S/C15H17NO3/c1-11(2)14-10-19-15(17)16(14)9-8-12-4-6-13(18-3)7-5-12/h4-7,11,14H,10H2,1-3H3/t14-/m1/s1. The van der Waals surface area contributed by atoms with Crippen molar-refractivity contribution in [2.24, 2.45) is 5.92 Å². The second kappa shape index (κ2) is 5.66. The molecule has 2 rings (SSSR count). The van der Waals surface area contributed by atoms with Gasteiger partial charge < -0.3 is 9.47 Å². The largest absolute Gasteiger partial charge is 0.497 e. The lowest BCUT2D eigenvalue weighted by Gasteiger charge is -2.17. The van der Waals surface area contributed by atoms with E-state index < -0.39 is 0 Å². The molecule has 1 aromatic rings. The van der Waals surface area contributed by atoms with Gasteiger partial charge in [0.15, 0.2) is 0 Å². The zero-order valence-electron chi connectivity index (χ0n) is 11.3. The van der Waals surface area contributed by atoms with E-state index in [2.05, 4.69) is 25.8 Å². The number of ether oxygens (including phenoxy) is 2. The van der Waals surface area contributed by atoms with Crippen LogP contribution in [0, 0.1) is 17.9 Å². The minimum atomic E-state index is -0.361. The van der Waals surface area contributed by atoms with Crippen molar-refractivity contribution >= 4 is 6.09 Å². The normalized spacial score (nSPS) is 18.0. The molecular weight excluding hydrogens is 242 g/mol. The van der Waals surface area contributed by atoms with Crippen LogP contribution in [0.4, 0.5) is 4.79 Å². The molecule has 1 fully saturated rings. The summed E-state index contributed by atoms with van der Waals surface area (Å²) >= 11 is 0. The van der Waals surface area contributed by atoms with Crippen LogP contribution in [0.1, 0.15) is 19.4 Å². The molecule has 1 saturated heterocycles. The number of benzene rings is 1. The average molecular weight is 259 g/mol. The Morgan fingerprint density at radius 2 is 2.05 bits per heavy atom. The maximum atomic E-state index is 11.6. The van der Waals surface area contributed by atoms with E-state index >= 15 is 0 Å². The number of rotatable bonds is 2. The Morgan fingerprint density at radius 3 is 2.63 bits per heavy atom. The van der Waals surface area contributed by atoms with Crippen LogP contribution in [0.2, 0.25) is 0 Å². The summed E-state index contributed by atoms with van der Waals surface area (Å²) in [7, 11) is 1.62. The van der Waals surface area contributed by atoms with Crippen LogP contribution < -0.4 is 4.74 Å². The molecule has 0 unspecified atom stereocenters. The number of hydrogen-bond acceptors (Lipinski definition) is 3. The maximum Gasteiger partial charge on any atom is 0.422 e. The summed E-state index contributed by atoms with van der Waals surface area (Å²) in [5, 5.41) is 0. The van der Waals surface area contributed by atoms with Crippen molar-refractivity contribution in [1.82, 2.24) is 4.90 Å². The fourth-order valence-corrected chi connectivity index (χ4v) is 1.85. The van der Waals surface area contributed by atoms with E-state index in [0.29, 0.717) is 12.5 Å². The first-order valence-corrected chi connectivity index (χ1v) is 6.23. The van der Waals surface area contributed by atoms with E-state index in [1.165, 1.54) is 4.90 Å². The highest BCUT2D eigenvalue weighted by Gasteiger charge is 2.34. The molecule has 1 aromatic carbocycles. The molecule has 4 heteroatoms. The van der Waals surface area contributed by atoms with Crippen LogP contribution in [-0.4, -0.2) is 30.8 Å². The number of carbonyl (C=O) groups excluding carboxylic acids is 1. The number of amides is 1. The van der Waals surface area contributed by atoms with Crippen molar-refractivity contribution in [3.05, 3.63) is 29.8 Å². The van der Waals surface area contributed by atoms with Gasteiger partial charge in [-0.2, -0.15) is 0 Å². The van der Waals surface area contributed by atoms with E-state index in [-0.39, 0.29) is 12.1 Å². The Labute approximate surface area is 113 Å². The fraction of sp³-hybridized carbons (Fsp3) is 0.400. The molecule has 0 spiro atoms. The first kappa shape index (κ1) is 13.3. The van der Waals surface area contributed by atoms with Gasteiger partial charge in [0.2, 0.25) is 0 Å². The number of hydrogen-bond donors (Lipinski definition) is 0. The third kappa shape index (κ3) is 3.00. The van der Waals surface area contributed by atoms with Gasteiger partial charge in [-0.1, -0.05) is 13.8 Å². The van der Waals surface area contributed by atoms with Crippen molar-refractivity contribution in [3.8, 4) is 17.7 Å². The van der Waals surface area contributed by atoms with Crippen molar-refractivity contribution in [3.63, 3.8) is 0 Å². The van der Waals surface area contributed by atoms with E-state index in [9.17, 15) is 4.79 Å². The highest BCUT2D eigenvalue weighted by molar-refractivity contribution is 5.72. The second-order valence-corrected chi connectivity index (χ2v) is 4.72. The Kier molecular flexibility index (Phi) is 3.96. The van der Waals surface area contributed by atoms with Crippen LogP contribution in [-0.2, 0) is 4.74 Å². The lowest BCUT2D eigenvalue weighted by molar-refractivity contribution is 0.167. The van der Waals surface area contributed by atoms with Crippen LogP contribution in [0.3, 0.4) is 0 Å². The Morgan fingerprint density at radius 1 is 1.37 bits per heavy atom. The minimum Gasteiger partial charge on any atom is -0.497 e. The minimum absolute atomic E-state index is 0.0262. The summed E-state index contributed by atoms with van der Waals surface area (Å²) in [6, 6.07) is 10.3. The Bertz CT molecular complexity index is 510. The summed E-state index contributed by atoms with van der Waals surface area (Å²) in [6.07, 6.45) is -0.361. The summed E-state index contributed by atoms with van der Waals surface area (Å²) in [6.45, 7) is 4.51. The van der Waals surface area contributed by atoms with Crippen LogP contribution in [0.25, 0.3) is 0 Å². The molecule has 1 amide bonds.